The Bertz CT molecular complexity index is 853. The lowest BCUT2D eigenvalue weighted by Gasteiger charge is -2.08. The van der Waals surface area contributed by atoms with Gasteiger partial charge in [0.25, 0.3) is 0 Å². The first-order chi connectivity index (χ1) is 16.4. The molecular weight excluding hydrogens is 432 g/mol. The van der Waals surface area contributed by atoms with E-state index in [-0.39, 0.29) is 17.6 Å². The number of carbonyl (C=O) groups excluding carboxylic acids is 2. The Morgan fingerprint density at radius 3 is 2.26 bits per heavy atom. The minimum absolute atomic E-state index is 0.0810. The SMILES string of the molecule is CCCCCCCCC(=O)NCc1ccc(O)c(OC)c1.CCCOC(=O)c1ccc(N)cc1. The molecule has 7 nitrogen and oxygen atoms in total. The van der Waals surface area contributed by atoms with Crippen LogP contribution in [0.1, 0.15) is 81.1 Å². The zero-order valence-electron chi connectivity index (χ0n) is 20.8. The summed E-state index contributed by atoms with van der Waals surface area (Å²) in [4.78, 5) is 23.0. The number of ether oxygens (including phenoxy) is 2. The lowest BCUT2D eigenvalue weighted by molar-refractivity contribution is -0.121. The lowest BCUT2D eigenvalue weighted by Crippen LogP contribution is -2.22. The van der Waals surface area contributed by atoms with Crippen LogP contribution in [-0.4, -0.2) is 30.7 Å². The molecule has 4 N–H and O–H groups in total. The number of nitrogens with one attached hydrogen (secondary N) is 1. The fourth-order valence-electron chi connectivity index (χ4n) is 3.08. The highest BCUT2D eigenvalue weighted by Gasteiger charge is 2.06. The summed E-state index contributed by atoms with van der Waals surface area (Å²) in [5.74, 6) is 0.330. The monoisotopic (exact) mass is 472 g/mol. The Labute approximate surface area is 203 Å². The van der Waals surface area contributed by atoms with Gasteiger partial charge >= 0.3 is 5.97 Å². The van der Waals surface area contributed by atoms with E-state index in [9.17, 15) is 14.7 Å². The predicted molar refractivity (Wildman–Crippen MR) is 136 cm³/mol. The van der Waals surface area contributed by atoms with Crippen LogP contribution < -0.4 is 15.8 Å². The van der Waals surface area contributed by atoms with Crippen LogP contribution in [0.3, 0.4) is 0 Å². The number of amides is 1. The van der Waals surface area contributed by atoms with Crippen LogP contribution in [0.4, 0.5) is 5.69 Å². The van der Waals surface area contributed by atoms with Gasteiger partial charge in [-0.3, -0.25) is 4.79 Å². The highest BCUT2D eigenvalue weighted by molar-refractivity contribution is 5.89. The van der Waals surface area contributed by atoms with Gasteiger partial charge in [0.1, 0.15) is 0 Å². The summed E-state index contributed by atoms with van der Waals surface area (Å²) >= 11 is 0. The van der Waals surface area contributed by atoms with Crippen molar-refractivity contribution in [1.82, 2.24) is 5.32 Å². The highest BCUT2D eigenvalue weighted by atomic mass is 16.5. The van der Waals surface area contributed by atoms with Crippen molar-refractivity contribution in [3.05, 3.63) is 53.6 Å². The fraction of sp³-hybridized carbons (Fsp3) is 0.481. The second kappa shape index (κ2) is 17.3. The molecule has 0 spiro atoms. The molecule has 188 valence electrons. The molecule has 2 rings (SSSR count). The average molecular weight is 473 g/mol. The van der Waals surface area contributed by atoms with E-state index in [4.69, 9.17) is 15.2 Å². The van der Waals surface area contributed by atoms with E-state index in [2.05, 4.69) is 12.2 Å². The molecule has 0 atom stereocenters. The summed E-state index contributed by atoms with van der Waals surface area (Å²) in [6, 6.07) is 11.8. The van der Waals surface area contributed by atoms with Gasteiger partial charge in [-0.2, -0.15) is 0 Å². The zero-order chi connectivity index (χ0) is 25.2. The van der Waals surface area contributed by atoms with Crippen molar-refractivity contribution in [1.29, 1.82) is 0 Å². The first-order valence-electron chi connectivity index (χ1n) is 12.1. The van der Waals surface area contributed by atoms with Gasteiger partial charge in [-0.15, -0.1) is 0 Å². The van der Waals surface area contributed by atoms with Gasteiger partial charge in [0.15, 0.2) is 11.5 Å². The number of methoxy groups -OCH3 is 1. The number of phenols is 1. The molecule has 2 aromatic rings. The zero-order valence-corrected chi connectivity index (χ0v) is 20.8. The van der Waals surface area contributed by atoms with Gasteiger partial charge in [-0.05, 0) is 54.8 Å². The molecule has 0 radical (unpaired) electrons. The Hall–Kier alpha value is -3.22. The van der Waals surface area contributed by atoms with Crippen LogP contribution in [0.5, 0.6) is 11.5 Å². The largest absolute Gasteiger partial charge is 0.504 e. The summed E-state index contributed by atoms with van der Waals surface area (Å²) in [5.41, 5.74) is 7.58. The maximum Gasteiger partial charge on any atom is 0.338 e. The molecule has 7 heteroatoms. The van der Waals surface area contributed by atoms with Crippen LogP contribution in [0, 0.1) is 0 Å². The second-order valence-corrected chi connectivity index (χ2v) is 8.06. The molecule has 0 aliphatic rings. The molecule has 0 aromatic heterocycles. The number of anilines is 1. The number of aromatic hydroxyl groups is 1. The molecule has 0 fully saturated rings. The molecule has 0 bridgehead atoms. The van der Waals surface area contributed by atoms with Crippen LogP contribution >= 0.6 is 0 Å². The van der Waals surface area contributed by atoms with E-state index in [1.54, 1.807) is 42.5 Å². The van der Waals surface area contributed by atoms with Crippen molar-refractivity contribution in [2.75, 3.05) is 19.5 Å². The van der Waals surface area contributed by atoms with E-state index >= 15 is 0 Å². The Morgan fingerprint density at radius 2 is 1.62 bits per heavy atom. The van der Waals surface area contributed by atoms with Gasteiger partial charge in [0.05, 0.1) is 19.3 Å². The van der Waals surface area contributed by atoms with E-state index in [0.29, 0.717) is 36.6 Å². The van der Waals surface area contributed by atoms with E-state index in [0.717, 1.165) is 24.8 Å². The number of nitrogens with two attached hydrogens (primary N) is 1. The number of carbonyl (C=O) groups is 2. The number of hydrogen-bond acceptors (Lipinski definition) is 6. The van der Waals surface area contributed by atoms with Crippen molar-refractivity contribution in [3.8, 4) is 11.5 Å². The van der Waals surface area contributed by atoms with E-state index in [1.807, 2.05) is 6.92 Å². The fourth-order valence-corrected chi connectivity index (χ4v) is 3.08. The standard InChI is InChI=1S/C17H27NO3.C10H13NO2/c1-3-4-5-6-7-8-9-17(20)18-13-14-10-11-15(19)16(12-14)21-2;1-2-7-13-10(12)8-3-5-9(11)6-4-8/h10-12,19H,3-9,13H2,1-2H3,(H,18,20);3-6H,2,7,11H2,1H3. The molecule has 0 aliphatic carbocycles. The average Bonchev–Trinajstić information content (AvgIpc) is 2.85. The van der Waals surface area contributed by atoms with Crippen molar-refractivity contribution in [3.63, 3.8) is 0 Å². The second-order valence-electron chi connectivity index (χ2n) is 8.06. The maximum absolute atomic E-state index is 11.7. The van der Waals surface area contributed by atoms with Gasteiger partial charge in [-0.1, -0.05) is 52.0 Å². The number of unbranched alkanes of at least 4 members (excludes halogenated alkanes) is 5. The number of nitrogen functional groups attached to an aromatic ring is 1. The molecule has 1 amide bonds. The summed E-state index contributed by atoms with van der Waals surface area (Å²) in [6.07, 6.45) is 8.52. The molecule has 0 aliphatic heterocycles. The van der Waals surface area contributed by atoms with Gasteiger partial charge in [0.2, 0.25) is 5.91 Å². The molecular formula is C27H40N2O5. The quantitative estimate of drug-likeness (QED) is 0.199. The lowest BCUT2D eigenvalue weighted by atomic mass is 10.1. The third-order valence-corrected chi connectivity index (χ3v) is 5.07. The third kappa shape index (κ3) is 12.1. The summed E-state index contributed by atoms with van der Waals surface area (Å²) < 4.78 is 9.98. The van der Waals surface area contributed by atoms with Gasteiger partial charge < -0.3 is 25.6 Å². The number of rotatable bonds is 13. The predicted octanol–water partition coefficient (Wildman–Crippen LogP) is 5.60. The highest BCUT2D eigenvalue weighted by Crippen LogP contribution is 2.26. The maximum atomic E-state index is 11.7. The van der Waals surface area contributed by atoms with Crippen molar-refractivity contribution in [2.24, 2.45) is 0 Å². The molecule has 0 unspecified atom stereocenters. The van der Waals surface area contributed by atoms with E-state index in [1.165, 1.54) is 32.8 Å². The minimum Gasteiger partial charge on any atom is -0.504 e. The molecule has 0 saturated carbocycles. The van der Waals surface area contributed by atoms with Crippen LogP contribution in [0.2, 0.25) is 0 Å². The Kier molecular flexibility index (Phi) is 14.6. The van der Waals surface area contributed by atoms with Crippen LogP contribution in [-0.2, 0) is 16.1 Å². The smallest absolute Gasteiger partial charge is 0.338 e. The van der Waals surface area contributed by atoms with Gasteiger partial charge in [-0.25, -0.2) is 4.79 Å². The minimum atomic E-state index is -0.290. The number of hydrogen-bond donors (Lipinski definition) is 3. The van der Waals surface area contributed by atoms with Crippen molar-refractivity contribution in [2.45, 2.75) is 71.8 Å². The summed E-state index contributed by atoms with van der Waals surface area (Å²) in [7, 11) is 1.51. The normalized spacial score (nSPS) is 10.1. The van der Waals surface area contributed by atoms with Crippen molar-refractivity contribution < 1.29 is 24.2 Å². The van der Waals surface area contributed by atoms with Gasteiger partial charge in [0, 0.05) is 18.7 Å². The number of phenolic OH excluding ortho intramolecular Hbond substituents is 1. The van der Waals surface area contributed by atoms with Crippen molar-refractivity contribution >= 4 is 17.6 Å². The first-order valence-corrected chi connectivity index (χ1v) is 12.1. The van der Waals surface area contributed by atoms with E-state index < -0.39 is 0 Å². The summed E-state index contributed by atoms with van der Waals surface area (Å²) in [5, 5.41) is 12.4. The topological polar surface area (TPSA) is 111 Å². The summed E-state index contributed by atoms with van der Waals surface area (Å²) in [6.45, 7) is 5.08. The molecule has 34 heavy (non-hydrogen) atoms. The third-order valence-electron chi connectivity index (χ3n) is 5.07. The number of benzene rings is 2. The Balaban J connectivity index is 0.000000380. The first kappa shape index (κ1) is 28.8. The molecule has 0 heterocycles. The molecule has 2 aromatic carbocycles. The molecule has 0 saturated heterocycles. The Morgan fingerprint density at radius 1 is 0.941 bits per heavy atom. The number of esters is 1. The van der Waals surface area contributed by atoms with Crippen LogP contribution in [0.25, 0.3) is 0 Å². The van der Waals surface area contributed by atoms with Crippen LogP contribution in [0.15, 0.2) is 42.5 Å².